The summed E-state index contributed by atoms with van der Waals surface area (Å²) in [6.45, 7) is 3.56. The van der Waals surface area contributed by atoms with Crippen LogP contribution in [-0.4, -0.2) is 27.9 Å². The number of fused-ring (bicyclic) bond motifs is 1. The molecule has 0 fully saturated rings. The maximum absolute atomic E-state index is 13.9. The van der Waals surface area contributed by atoms with Crippen molar-refractivity contribution in [3.8, 4) is 11.1 Å². The fourth-order valence-electron chi connectivity index (χ4n) is 4.24. The second-order valence-electron chi connectivity index (χ2n) is 9.39. The van der Waals surface area contributed by atoms with Crippen LogP contribution < -0.4 is 9.34 Å². The predicted octanol–water partition coefficient (Wildman–Crippen LogP) is 5.36. The van der Waals surface area contributed by atoms with E-state index in [4.69, 9.17) is 9.52 Å². The molecule has 208 valence electrons. The molecular formula is C30H23NO8S2. The first-order chi connectivity index (χ1) is 19.4. The lowest BCUT2D eigenvalue weighted by molar-refractivity contribution is 0.0697. The minimum atomic E-state index is -4.64. The number of hydrogen-bond acceptors (Lipinski definition) is 7. The smallest absolute Gasteiger partial charge is 0.344 e. The third kappa shape index (κ3) is 5.24. The molecule has 11 heteroatoms. The van der Waals surface area contributed by atoms with Crippen molar-refractivity contribution in [1.29, 1.82) is 0 Å². The number of nitrogens with zero attached hydrogens (tertiary/aromatic N) is 1. The van der Waals surface area contributed by atoms with Gasteiger partial charge < -0.3 is 9.52 Å². The van der Waals surface area contributed by atoms with E-state index >= 15 is 0 Å². The minimum absolute atomic E-state index is 0.0273. The van der Waals surface area contributed by atoms with Crippen LogP contribution in [0.15, 0.2) is 116 Å². The molecule has 4 aromatic carbocycles. The number of aryl methyl sites for hydroxylation is 2. The number of rotatable bonds is 7. The topological polar surface area (TPSA) is 139 Å². The van der Waals surface area contributed by atoms with Crippen molar-refractivity contribution in [3.63, 3.8) is 0 Å². The van der Waals surface area contributed by atoms with Crippen LogP contribution in [0.25, 0.3) is 22.1 Å². The van der Waals surface area contributed by atoms with Gasteiger partial charge in [-0.1, -0.05) is 47.5 Å². The fraction of sp³-hybridized carbons (Fsp3) is 0.0667. The maximum atomic E-state index is 13.9. The molecule has 0 radical (unpaired) electrons. The molecule has 9 nitrogen and oxygen atoms in total. The van der Waals surface area contributed by atoms with Gasteiger partial charge in [0.25, 0.3) is 20.0 Å². The first kappa shape index (κ1) is 27.8. The molecule has 0 saturated heterocycles. The summed E-state index contributed by atoms with van der Waals surface area (Å²) in [5, 5.41) is 9.42. The van der Waals surface area contributed by atoms with Gasteiger partial charge in [0, 0.05) is 5.39 Å². The third-order valence-electron chi connectivity index (χ3n) is 6.44. The van der Waals surface area contributed by atoms with Crippen LogP contribution in [0.1, 0.15) is 21.5 Å². The zero-order valence-corrected chi connectivity index (χ0v) is 23.4. The van der Waals surface area contributed by atoms with Crippen molar-refractivity contribution in [2.45, 2.75) is 23.6 Å². The van der Waals surface area contributed by atoms with E-state index in [1.165, 1.54) is 72.8 Å². The van der Waals surface area contributed by atoms with E-state index < -0.39 is 31.6 Å². The van der Waals surface area contributed by atoms with Gasteiger partial charge in [0.15, 0.2) is 0 Å². The highest BCUT2D eigenvalue weighted by molar-refractivity contribution is 8.10. The highest BCUT2D eigenvalue weighted by Gasteiger charge is 2.37. The van der Waals surface area contributed by atoms with Gasteiger partial charge in [0.1, 0.15) is 5.58 Å². The second-order valence-corrected chi connectivity index (χ2v) is 13.2. The van der Waals surface area contributed by atoms with Crippen LogP contribution in [0.3, 0.4) is 0 Å². The summed E-state index contributed by atoms with van der Waals surface area (Å²) >= 11 is 0. The average Bonchev–Trinajstić information content (AvgIpc) is 2.93. The number of anilines is 1. The van der Waals surface area contributed by atoms with E-state index in [0.717, 1.165) is 11.1 Å². The number of carbonyl (C=O) groups is 1. The number of sulfonamides is 2. The van der Waals surface area contributed by atoms with Gasteiger partial charge >= 0.3 is 11.6 Å². The van der Waals surface area contributed by atoms with Crippen molar-refractivity contribution in [2.24, 2.45) is 0 Å². The van der Waals surface area contributed by atoms with Crippen molar-refractivity contribution < 1.29 is 31.2 Å². The summed E-state index contributed by atoms with van der Waals surface area (Å²) in [5.74, 6) is -1.13. The molecule has 1 N–H and O–H groups in total. The number of benzene rings is 4. The fourth-order valence-corrected chi connectivity index (χ4v) is 7.91. The zero-order valence-electron chi connectivity index (χ0n) is 21.8. The van der Waals surface area contributed by atoms with Crippen LogP contribution in [-0.2, 0) is 20.0 Å². The predicted molar refractivity (Wildman–Crippen MR) is 154 cm³/mol. The molecule has 0 spiro atoms. The number of hydrogen-bond donors (Lipinski definition) is 1. The van der Waals surface area contributed by atoms with Crippen LogP contribution >= 0.6 is 0 Å². The molecule has 0 bridgehead atoms. The monoisotopic (exact) mass is 589 g/mol. The Morgan fingerprint density at radius 1 is 0.707 bits per heavy atom. The van der Waals surface area contributed by atoms with E-state index in [9.17, 15) is 26.4 Å². The lowest BCUT2D eigenvalue weighted by Crippen LogP contribution is -2.37. The Kier molecular flexibility index (Phi) is 7.02. The van der Waals surface area contributed by atoms with Crippen molar-refractivity contribution in [3.05, 3.63) is 124 Å². The second kappa shape index (κ2) is 10.3. The molecule has 0 aliphatic rings. The van der Waals surface area contributed by atoms with E-state index in [2.05, 4.69) is 0 Å². The molecule has 1 aromatic heterocycles. The average molecular weight is 590 g/mol. The molecule has 0 amide bonds. The summed E-state index contributed by atoms with van der Waals surface area (Å²) in [7, 11) is -9.28. The van der Waals surface area contributed by atoms with Gasteiger partial charge in [0.05, 0.1) is 26.6 Å². The van der Waals surface area contributed by atoms with E-state index in [1.807, 2.05) is 0 Å². The Bertz CT molecular complexity index is 1990. The zero-order chi connectivity index (χ0) is 29.5. The largest absolute Gasteiger partial charge is 0.478 e. The molecule has 1 heterocycles. The van der Waals surface area contributed by atoms with Crippen LogP contribution in [0.2, 0.25) is 0 Å². The number of carboxylic acid groups (broad SMARTS) is 1. The van der Waals surface area contributed by atoms with Crippen LogP contribution in [0.4, 0.5) is 5.69 Å². The Labute approximate surface area is 236 Å². The van der Waals surface area contributed by atoms with Gasteiger partial charge in [-0.3, -0.25) is 0 Å². The first-order valence-electron chi connectivity index (χ1n) is 12.2. The van der Waals surface area contributed by atoms with Gasteiger partial charge in [-0.05, 0) is 80.1 Å². The highest BCUT2D eigenvalue weighted by atomic mass is 32.3. The van der Waals surface area contributed by atoms with Crippen LogP contribution in [0.5, 0.6) is 0 Å². The molecule has 5 aromatic rings. The minimum Gasteiger partial charge on any atom is -0.478 e. The molecule has 41 heavy (non-hydrogen) atoms. The molecular weight excluding hydrogens is 566 g/mol. The normalized spacial score (nSPS) is 11.9. The molecule has 0 aliphatic heterocycles. The van der Waals surface area contributed by atoms with E-state index in [-0.39, 0.29) is 37.6 Å². The quantitative estimate of drug-likeness (QED) is 0.250. The van der Waals surface area contributed by atoms with Gasteiger partial charge in [-0.2, -0.15) is 3.71 Å². The summed E-state index contributed by atoms with van der Waals surface area (Å²) < 4.78 is 61.5. The highest BCUT2D eigenvalue weighted by Crippen LogP contribution is 2.34. The van der Waals surface area contributed by atoms with E-state index in [0.29, 0.717) is 9.27 Å². The van der Waals surface area contributed by atoms with E-state index in [1.54, 1.807) is 38.1 Å². The number of carboxylic acids is 1. The molecule has 0 aliphatic carbocycles. The first-order valence-corrected chi connectivity index (χ1v) is 15.1. The Hall–Kier alpha value is -4.74. The van der Waals surface area contributed by atoms with Crippen molar-refractivity contribution in [1.82, 2.24) is 0 Å². The standard InChI is InChI=1S/C30H23NO8S2/c1-19-3-12-25(13-4-19)40(35,36)31(41(37,38)26-14-5-20(2)6-15-26)24-11-16-28-23(17-24)18-27(30(34)39-28)21-7-9-22(10-8-21)29(32)33/h3-18H,1-2H3,(H,32,33). The van der Waals surface area contributed by atoms with Gasteiger partial charge in [-0.15, -0.1) is 0 Å². The summed E-state index contributed by atoms with van der Waals surface area (Å²) in [4.78, 5) is 23.5. The molecule has 0 atom stereocenters. The summed E-state index contributed by atoms with van der Waals surface area (Å²) in [6.07, 6.45) is 0. The molecule has 0 unspecified atom stereocenters. The Balaban J connectivity index is 1.71. The molecule has 5 rings (SSSR count). The summed E-state index contributed by atoms with van der Waals surface area (Å²) in [6, 6.07) is 22.5. The van der Waals surface area contributed by atoms with Crippen LogP contribution in [0, 0.1) is 13.8 Å². The maximum Gasteiger partial charge on any atom is 0.344 e. The summed E-state index contributed by atoms with van der Waals surface area (Å²) in [5.41, 5.74) is 1.27. The van der Waals surface area contributed by atoms with Crippen molar-refractivity contribution >= 4 is 42.7 Å². The SMILES string of the molecule is Cc1ccc(S(=O)(=O)N(c2ccc3oc(=O)c(-c4ccc(C(=O)O)cc4)cc3c2)S(=O)(=O)c2ccc(C)cc2)cc1. The van der Waals surface area contributed by atoms with Gasteiger partial charge in [-0.25, -0.2) is 26.4 Å². The lowest BCUT2D eigenvalue weighted by atomic mass is 10.0. The molecule has 0 saturated carbocycles. The van der Waals surface area contributed by atoms with Crippen molar-refractivity contribution in [2.75, 3.05) is 3.71 Å². The Morgan fingerprint density at radius 2 is 1.22 bits per heavy atom. The third-order valence-corrected chi connectivity index (χ3v) is 10.7. The lowest BCUT2D eigenvalue weighted by Gasteiger charge is -2.24. The van der Waals surface area contributed by atoms with Gasteiger partial charge in [0.2, 0.25) is 0 Å². The Morgan fingerprint density at radius 3 is 1.71 bits per heavy atom. The number of aromatic carboxylic acids is 1.